The van der Waals surface area contributed by atoms with E-state index in [1.807, 2.05) is 0 Å². The summed E-state index contributed by atoms with van der Waals surface area (Å²) in [4.78, 5) is 26.3. The minimum absolute atomic E-state index is 0.00278. The third-order valence-corrected chi connectivity index (χ3v) is 1.99. The molecule has 1 fully saturated rings. The topological polar surface area (TPSA) is 113 Å². The molecule has 2 atom stereocenters. The predicted molar refractivity (Wildman–Crippen MR) is 39.8 cm³/mol. The Labute approximate surface area is 73.6 Å². The molecule has 0 aromatic carbocycles. The van der Waals surface area contributed by atoms with E-state index in [-0.39, 0.29) is 13.0 Å². The highest BCUT2D eigenvalue weighted by Gasteiger charge is 2.40. The van der Waals surface area contributed by atoms with Crippen LogP contribution in [0.1, 0.15) is 6.42 Å². The van der Waals surface area contributed by atoms with Gasteiger partial charge >= 0.3 is 12.1 Å². The average Bonchev–Trinajstić information content (AvgIpc) is 2.47. The van der Waals surface area contributed by atoms with Crippen LogP contribution in [0, 0.1) is 0 Å². The molecule has 1 saturated heterocycles. The number of hydrogen-bond acceptors (Lipinski definition) is 4. The Balaban J connectivity index is 2.71. The third-order valence-electron chi connectivity index (χ3n) is 1.99. The van der Waals surface area contributed by atoms with E-state index in [1.54, 1.807) is 0 Å². The van der Waals surface area contributed by atoms with Crippen molar-refractivity contribution in [3.63, 3.8) is 0 Å². The van der Waals surface area contributed by atoms with Crippen molar-refractivity contribution in [2.75, 3.05) is 6.54 Å². The molecule has 1 rings (SSSR count). The fourth-order valence-corrected chi connectivity index (χ4v) is 1.34. The van der Waals surface area contributed by atoms with Gasteiger partial charge in [-0.2, -0.15) is 0 Å². The number of carboxylic acid groups (broad SMARTS) is 2. The van der Waals surface area contributed by atoms with Gasteiger partial charge in [0.05, 0.1) is 12.6 Å². The van der Waals surface area contributed by atoms with Crippen molar-refractivity contribution in [2.45, 2.75) is 18.6 Å². The van der Waals surface area contributed by atoms with Crippen molar-refractivity contribution < 1.29 is 24.6 Å². The van der Waals surface area contributed by atoms with Crippen LogP contribution >= 0.6 is 0 Å². The van der Waals surface area contributed by atoms with Crippen LogP contribution in [0.15, 0.2) is 0 Å². The molecule has 74 valence electrons. The van der Waals surface area contributed by atoms with Crippen LogP contribution in [0.5, 0.6) is 0 Å². The maximum absolute atomic E-state index is 10.6. The van der Waals surface area contributed by atoms with Gasteiger partial charge < -0.3 is 10.2 Å². The monoisotopic (exact) mass is 190 g/mol. The number of carboxylic acids is 1. The van der Waals surface area contributed by atoms with Crippen molar-refractivity contribution >= 4 is 12.1 Å². The molecule has 0 aromatic rings. The summed E-state index contributed by atoms with van der Waals surface area (Å²) in [6.07, 6.45) is -1.71. The predicted octanol–water partition coefficient (Wildman–Crippen LogP) is -0.918. The van der Waals surface area contributed by atoms with Crippen LogP contribution in [-0.2, 0) is 9.63 Å². The highest BCUT2D eigenvalue weighted by atomic mass is 16.6. The van der Waals surface area contributed by atoms with Crippen LogP contribution in [-0.4, -0.2) is 45.9 Å². The molecule has 0 saturated carbocycles. The lowest BCUT2D eigenvalue weighted by molar-refractivity contribution is -0.141. The first-order valence-electron chi connectivity index (χ1n) is 3.64. The smallest absolute Gasteiger partial charge is 0.408 e. The quantitative estimate of drug-likeness (QED) is 0.485. The maximum atomic E-state index is 10.6. The molecule has 4 N–H and O–H groups in total. The Kier molecular flexibility index (Phi) is 2.69. The molecule has 0 aliphatic carbocycles. The number of likely N-dealkylation sites (tertiary alicyclic amines) is 1. The minimum atomic E-state index is -1.27. The molecule has 0 spiro atoms. The van der Waals surface area contributed by atoms with E-state index in [9.17, 15) is 9.59 Å². The molecule has 0 bridgehead atoms. The van der Waals surface area contributed by atoms with E-state index in [2.05, 4.69) is 4.84 Å². The van der Waals surface area contributed by atoms with Gasteiger partial charge in [0, 0.05) is 6.42 Å². The summed E-state index contributed by atoms with van der Waals surface area (Å²) in [5, 5.41) is 17.3. The van der Waals surface area contributed by atoms with Crippen LogP contribution < -0.4 is 5.90 Å². The van der Waals surface area contributed by atoms with Gasteiger partial charge in [0.15, 0.2) is 0 Å². The van der Waals surface area contributed by atoms with Gasteiger partial charge in [-0.05, 0) is 0 Å². The highest BCUT2D eigenvalue weighted by Crippen LogP contribution is 2.19. The number of amides is 1. The summed E-state index contributed by atoms with van der Waals surface area (Å²) in [6, 6.07) is -1.05. The zero-order chi connectivity index (χ0) is 10.0. The molecule has 7 heteroatoms. The van der Waals surface area contributed by atoms with Crippen LogP contribution in [0.4, 0.5) is 4.79 Å². The third kappa shape index (κ3) is 1.87. The first kappa shape index (κ1) is 9.75. The molecule has 1 aliphatic heterocycles. The van der Waals surface area contributed by atoms with E-state index in [0.717, 1.165) is 4.90 Å². The Morgan fingerprint density at radius 1 is 1.46 bits per heavy atom. The summed E-state index contributed by atoms with van der Waals surface area (Å²) < 4.78 is 0. The van der Waals surface area contributed by atoms with Crippen molar-refractivity contribution in [3.8, 4) is 0 Å². The Hall–Kier alpha value is -1.34. The maximum Gasteiger partial charge on any atom is 0.408 e. The van der Waals surface area contributed by atoms with Gasteiger partial charge in [-0.1, -0.05) is 0 Å². The van der Waals surface area contributed by atoms with E-state index in [1.165, 1.54) is 0 Å². The highest BCUT2D eigenvalue weighted by molar-refractivity contribution is 5.80. The summed E-state index contributed by atoms with van der Waals surface area (Å²) in [7, 11) is 0. The lowest BCUT2D eigenvalue weighted by atomic mass is 10.2. The summed E-state index contributed by atoms with van der Waals surface area (Å²) >= 11 is 0. The minimum Gasteiger partial charge on any atom is -0.480 e. The second-order valence-corrected chi connectivity index (χ2v) is 2.78. The molecule has 1 amide bonds. The normalized spacial score (nSPS) is 27.6. The number of carbonyl (C=O) groups is 2. The lowest BCUT2D eigenvalue weighted by Gasteiger charge is -2.16. The van der Waals surface area contributed by atoms with Gasteiger partial charge in [-0.3, -0.25) is 9.74 Å². The Morgan fingerprint density at radius 3 is 2.38 bits per heavy atom. The zero-order valence-electron chi connectivity index (χ0n) is 6.71. The zero-order valence-corrected chi connectivity index (χ0v) is 6.71. The molecule has 1 heterocycles. The number of nitrogens with zero attached hydrogens (tertiary/aromatic N) is 1. The molecule has 1 aliphatic rings. The number of nitrogens with two attached hydrogens (primary N) is 1. The Morgan fingerprint density at radius 2 is 2.08 bits per heavy atom. The second-order valence-electron chi connectivity index (χ2n) is 2.78. The van der Waals surface area contributed by atoms with Gasteiger partial charge in [0.1, 0.15) is 6.04 Å². The number of hydrogen-bond donors (Lipinski definition) is 3. The van der Waals surface area contributed by atoms with Crippen molar-refractivity contribution in [1.82, 2.24) is 4.90 Å². The standard InChI is InChI=1S/C6H10N2O5/c7-13-3-1-4(5(9)10)8(2-3)6(11)12/h3-4H,1-2,7H2,(H,9,10)(H,11,12). The lowest BCUT2D eigenvalue weighted by Crippen LogP contribution is -2.39. The van der Waals surface area contributed by atoms with Crippen LogP contribution in [0.25, 0.3) is 0 Å². The largest absolute Gasteiger partial charge is 0.480 e. The summed E-state index contributed by atoms with van der Waals surface area (Å²) in [6.45, 7) is 0.00278. The summed E-state index contributed by atoms with van der Waals surface area (Å²) in [5.41, 5.74) is 0. The Bertz CT molecular complexity index is 209. The van der Waals surface area contributed by atoms with Crippen molar-refractivity contribution in [1.29, 1.82) is 0 Å². The second kappa shape index (κ2) is 3.58. The van der Waals surface area contributed by atoms with Gasteiger partial charge in [0.2, 0.25) is 0 Å². The molecular formula is C6H10N2O5. The van der Waals surface area contributed by atoms with E-state index >= 15 is 0 Å². The fraction of sp³-hybridized carbons (Fsp3) is 0.667. The van der Waals surface area contributed by atoms with E-state index < -0.39 is 24.2 Å². The van der Waals surface area contributed by atoms with Gasteiger partial charge in [-0.15, -0.1) is 0 Å². The van der Waals surface area contributed by atoms with Gasteiger partial charge in [-0.25, -0.2) is 15.5 Å². The van der Waals surface area contributed by atoms with E-state index in [0.29, 0.717) is 0 Å². The number of aliphatic carboxylic acids is 1. The fourth-order valence-electron chi connectivity index (χ4n) is 1.34. The number of rotatable bonds is 2. The SMILES string of the molecule is NOC1CC(C(=O)O)N(C(=O)O)C1. The molecule has 7 nitrogen and oxygen atoms in total. The first-order valence-corrected chi connectivity index (χ1v) is 3.64. The van der Waals surface area contributed by atoms with Crippen LogP contribution in [0.3, 0.4) is 0 Å². The first-order chi connectivity index (χ1) is 6.06. The van der Waals surface area contributed by atoms with Crippen molar-refractivity contribution in [3.05, 3.63) is 0 Å². The summed E-state index contributed by atoms with van der Waals surface area (Å²) in [5.74, 6) is 3.67. The molecule has 2 unspecified atom stereocenters. The van der Waals surface area contributed by atoms with Gasteiger partial charge in [0.25, 0.3) is 0 Å². The molecule has 0 radical (unpaired) electrons. The molecule has 13 heavy (non-hydrogen) atoms. The van der Waals surface area contributed by atoms with E-state index in [4.69, 9.17) is 16.1 Å². The van der Waals surface area contributed by atoms with Crippen molar-refractivity contribution in [2.24, 2.45) is 5.90 Å². The molecular weight excluding hydrogens is 180 g/mol. The average molecular weight is 190 g/mol. The van der Waals surface area contributed by atoms with Crippen LogP contribution in [0.2, 0.25) is 0 Å². The molecule has 0 aromatic heterocycles.